The molecular weight excluding hydrogens is 509 g/mol. The van der Waals surface area contributed by atoms with Crippen LogP contribution in [-0.2, 0) is 11.4 Å². The summed E-state index contributed by atoms with van der Waals surface area (Å²) >= 11 is 19.7. The Morgan fingerprint density at radius 2 is 1.79 bits per heavy atom. The van der Waals surface area contributed by atoms with Crippen LogP contribution in [0.3, 0.4) is 0 Å². The lowest BCUT2D eigenvalue weighted by Crippen LogP contribution is -2.19. The zero-order valence-electron chi connectivity index (χ0n) is 16.8. The second-order valence-corrected chi connectivity index (χ2v) is 8.86. The largest absolute Gasteiger partial charge is 0.486 e. The summed E-state index contributed by atoms with van der Waals surface area (Å²) in [6.45, 7) is 0.0515. The summed E-state index contributed by atoms with van der Waals surface area (Å²) in [6, 6.07) is 16.4. The second-order valence-electron chi connectivity index (χ2n) is 6.57. The predicted molar refractivity (Wildman–Crippen MR) is 132 cm³/mol. The molecule has 0 spiro atoms. The van der Waals surface area contributed by atoms with Gasteiger partial charge in [0.2, 0.25) is 5.91 Å². The van der Waals surface area contributed by atoms with E-state index in [1.54, 1.807) is 36.4 Å². The fourth-order valence-electron chi connectivity index (χ4n) is 2.60. The molecule has 0 bridgehead atoms. The van der Waals surface area contributed by atoms with Crippen LogP contribution in [0, 0.1) is 10.1 Å². The number of carbonyl (C=O) groups is 1. The Kier molecular flexibility index (Phi) is 8.96. The van der Waals surface area contributed by atoms with Crippen LogP contribution in [0.25, 0.3) is 0 Å². The highest BCUT2D eigenvalue weighted by Crippen LogP contribution is 2.34. The van der Waals surface area contributed by atoms with Crippen molar-refractivity contribution in [2.75, 3.05) is 5.75 Å². The minimum absolute atomic E-state index is 0.0338. The highest BCUT2D eigenvalue weighted by atomic mass is 35.5. The fraction of sp³-hybridized carbons (Fsp3) is 0.0909. The Balaban J connectivity index is 1.55. The average molecular weight is 525 g/mol. The topological polar surface area (TPSA) is 93.8 Å². The lowest BCUT2D eigenvalue weighted by Gasteiger charge is -2.11. The van der Waals surface area contributed by atoms with E-state index in [2.05, 4.69) is 10.5 Å². The van der Waals surface area contributed by atoms with E-state index >= 15 is 0 Å². The van der Waals surface area contributed by atoms with Crippen molar-refractivity contribution in [3.8, 4) is 5.75 Å². The molecule has 170 valence electrons. The van der Waals surface area contributed by atoms with Crippen LogP contribution in [0.2, 0.25) is 15.1 Å². The number of thioether (sulfide) groups is 1. The average Bonchev–Trinajstić information content (AvgIpc) is 2.78. The summed E-state index contributed by atoms with van der Waals surface area (Å²) in [6.07, 6.45) is 1.41. The monoisotopic (exact) mass is 523 g/mol. The maximum absolute atomic E-state index is 12.0. The number of ether oxygens (including phenoxy) is 1. The van der Waals surface area contributed by atoms with Crippen LogP contribution in [0.5, 0.6) is 5.75 Å². The van der Waals surface area contributed by atoms with Crippen molar-refractivity contribution >= 4 is 64.4 Å². The molecule has 0 aliphatic heterocycles. The number of nitro benzene ring substituents is 1. The molecule has 0 atom stereocenters. The number of hydrogen-bond donors (Lipinski definition) is 1. The minimum atomic E-state index is -0.479. The molecule has 1 amide bonds. The first-order valence-corrected chi connectivity index (χ1v) is 11.5. The third-order valence-electron chi connectivity index (χ3n) is 4.11. The highest BCUT2D eigenvalue weighted by molar-refractivity contribution is 8.00. The Labute approximate surface area is 208 Å². The normalized spacial score (nSPS) is 10.9. The summed E-state index contributed by atoms with van der Waals surface area (Å²) in [5, 5.41) is 15.9. The number of nitro groups is 1. The third kappa shape index (κ3) is 7.64. The van der Waals surface area contributed by atoms with Crippen molar-refractivity contribution in [1.29, 1.82) is 0 Å². The van der Waals surface area contributed by atoms with Gasteiger partial charge in [0.15, 0.2) is 5.75 Å². The molecule has 3 aromatic carbocycles. The molecule has 1 N–H and O–H groups in total. The van der Waals surface area contributed by atoms with Crippen molar-refractivity contribution < 1.29 is 14.5 Å². The lowest BCUT2D eigenvalue weighted by molar-refractivity contribution is -0.384. The summed E-state index contributed by atoms with van der Waals surface area (Å²) in [5.41, 5.74) is 3.56. The predicted octanol–water partition coefficient (Wildman–Crippen LogP) is 6.38. The number of nitrogens with zero attached hydrogens (tertiary/aromatic N) is 2. The molecule has 0 aliphatic rings. The van der Waals surface area contributed by atoms with E-state index in [0.29, 0.717) is 16.1 Å². The maximum atomic E-state index is 12.0. The number of amides is 1. The molecule has 7 nitrogen and oxygen atoms in total. The van der Waals surface area contributed by atoms with Crippen molar-refractivity contribution in [3.05, 3.63) is 97.0 Å². The molecule has 11 heteroatoms. The van der Waals surface area contributed by atoms with Crippen LogP contribution < -0.4 is 10.2 Å². The van der Waals surface area contributed by atoms with Gasteiger partial charge in [-0.15, -0.1) is 11.8 Å². The summed E-state index contributed by atoms with van der Waals surface area (Å²) < 4.78 is 5.66. The zero-order valence-corrected chi connectivity index (χ0v) is 19.9. The summed E-state index contributed by atoms with van der Waals surface area (Å²) in [5.74, 6) is 0.149. The SMILES string of the molecule is O=C(CSc1ccc(Cl)cc1)N/N=C\c1cc(Cl)c(OCc2cccc([N+](=O)[O-])c2)c(Cl)c1. The van der Waals surface area contributed by atoms with Gasteiger partial charge in [0.1, 0.15) is 6.61 Å². The Hall–Kier alpha value is -2.78. The second kappa shape index (κ2) is 11.9. The molecular formula is C22H16Cl3N3O4S. The molecule has 0 unspecified atom stereocenters. The quantitative estimate of drug-likeness (QED) is 0.152. The molecule has 0 saturated heterocycles. The first kappa shape index (κ1) is 24.9. The molecule has 0 fully saturated rings. The Morgan fingerprint density at radius 1 is 1.09 bits per heavy atom. The molecule has 0 saturated carbocycles. The van der Waals surface area contributed by atoms with Crippen molar-refractivity contribution in [2.24, 2.45) is 5.10 Å². The molecule has 0 heterocycles. The molecule has 3 rings (SSSR count). The maximum Gasteiger partial charge on any atom is 0.269 e. The van der Waals surface area contributed by atoms with Crippen LogP contribution >= 0.6 is 46.6 Å². The molecule has 3 aromatic rings. The summed E-state index contributed by atoms with van der Waals surface area (Å²) in [7, 11) is 0. The third-order valence-corrected chi connectivity index (χ3v) is 5.94. The van der Waals surface area contributed by atoms with E-state index in [1.165, 1.54) is 30.1 Å². The van der Waals surface area contributed by atoms with Crippen LogP contribution in [-0.4, -0.2) is 22.8 Å². The van der Waals surface area contributed by atoms with Gasteiger partial charge in [-0.05, 0) is 47.5 Å². The van der Waals surface area contributed by atoms with Gasteiger partial charge in [0, 0.05) is 22.1 Å². The Bertz CT molecular complexity index is 1170. The van der Waals surface area contributed by atoms with Gasteiger partial charge in [0.05, 0.1) is 26.9 Å². The van der Waals surface area contributed by atoms with Crippen molar-refractivity contribution in [1.82, 2.24) is 5.43 Å². The highest BCUT2D eigenvalue weighted by Gasteiger charge is 2.11. The minimum Gasteiger partial charge on any atom is -0.486 e. The van der Waals surface area contributed by atoms with E-state index < -0.39 is 4.92 Å². The van der Waals surface area contributed by atoms with Gasteiger partial charge in [-0.25, -0.2) is 5.43 Å². The number of carbonyl (C=O) groups excluding carboxylic acids is 1. The lowest BCUT2D eigenvalue weighted by atomic mass is 10.2. The fourth-order valence-corrected chi connectivity index (χ4v) is 4.03. The number of non-ortho nitro benzene ring substituents is 1. The summed E-state index contributed by atoms with van der Waals surface area (Å²) in [4.78, 5) is 23.3. The van der Waals surface area contributed by atoms with Crippen molar-refractivity contribution in [2.45, 2.75) is 11.5 Å². The van der Waals surface area contributed by atoms with Gasteiger partial charge in [0.25, 0.3) is 5.69 Å². The zero-order chi connectivity index (χ0) is 23.8. The van der Waals surface area contributed by atoms with Gasteiger partial charge in [-0.2, -0.15) is 5.10 Å². The number of benzene rings is 3. The molecule has 33 heavy (non-hydrogen) atoms. The van der Waals surface area contributed by atoms with Crippen molar-refractivity contribution in [3.63, 3.8) is 0 Å². The first-order valence-electron chi connectivity index (χ1n) is 9.37. The van der Waals surface area contributed by atoms with E-state index in [1.807, 2.05) is 12.1 Å². The number of halogens is 3. The van der Waals surface area contributed by atoms with Gasteiger partial charge in [-0.1, -0.05) is 46.9 Å². The number of hydrogen-bond acceptors (Lipinski definition) is 6. The first-order chi connectivity index (χ1) is 15.8. The van der Waals surface area contributed by atoms with E-state index in [4.69, 9.17) is 39.5 Å². The van der Waals surface area contributed by atoms with Gasteiger partial charge < -0.3 is 4.74 Å². The molecule has 0 radical (unpaired) electrons. The Morgan fingerprint density at radius 3 is 2.45 bits per heavy atom. The van der Waals surface area contributed by atoms with Gasteiger partial charge >= 0.3 is 0 Å². The van der Waals surface area contributed by atoms with E-state index in [0.717, 1.165) is 4.90 Å². The number of rotatable bonds is 9. The van der Waals surface area contributed by atoms with Crippen LogP contribution in [0.1, 0.15) is 11.1 Å². The standard InChI is InChI=1S/C22H16Cl3N3O4S/c23-16-4-6-18(7-5-16)33-13-21(29)27-26-11-15-9-19(24)22(20(25)10-15)32-12-14-2-1-3-17(8-14)28(30)31/h1-11H,12-13H2,(H,27,29)/b26-11-. The molecule has 0 aliphatic carbocycles. The van der Waals surface area contributed by atoms with E-state index in [-0.39, 0.29) is 39.7 Å². The number of hydrazone groups is 1. The van der Waals surface area contributed by atoms with Gasteiger partial charge in [-0.3, -0.25) is 14.9 Å². The van der Waals surface area contributed by atoms with Crippen LogP contribution in [0.15, 0.2) is 70.7 Å². The van der Waals surface area contributed by atoms with E-state index in [9.17, 15) is 14.9 Å². The molecule has 0 aromatic heterocycles. The smallest absolute Gasteiger partial charge is 0.269 e. The number of nitrogens with one attached hydrogen (secondary N) is 1. The van der Waals surface area contributed by atoms with Crippen LogP contribution in [0.4, 0.5) is 5.69 Å².